The number of rotatable bonds is 8. The maximum absolute atomic E-state index is 11.9. The standard InChI is InChI=1S/C15H22N2O3/c1-3-20-15(19)13(17-11(2)14(16)18)10-9-12-7-5-4-6-8-12/h4-8,11,13,17H,3,9-10H2,1-2H3,(H2,16,18)/t11-,13-/m0/s1. The highest BCUT2D eigenvalue weighted by atomic mass is 16.5. The van der Waals surface area contributed by atoms with E-state index in [1.807, 2.05) is 30.3 Å². The molecule has 1 aromatic rings. The third-order valence-corrected chi connectivity index (χ3v) is 3.01. The summed E-state index contributed by atoms with van der Waals surface area (Å²) in [5.74, 6) is -0.837. The first kappa shape index (κ1) is 16.2. The van der Waals surface area contributed by atoms with Crippen molar-refractivity contribution in [1.29, 1.82) is 0 Å². The van der Waals surface area contributed by atoms with Gasteiger partial charge in [0, 0.05) is 0 Å². The molecular formula is C15H22N2O3. The van der Waals surface area contributed by atoms with Crippen LogP contribution in [0.1, 0.15) is 25.8 Å². The third-order valence-electron chi connectivity index (χ3n) is 3.01. The number of ether oxygens (including phenoxy) is 1. The Morgan fingerprint density at radius 2 is 1.95 bits per heavy atom. The van der Waals surface area contributed by atoms with Gasteiger partial charge in [-0.2, -0.15) is 0 Å². The van der Waals surface area contributed by atoms with Gasteiger partial charge in [0.2, 0.25) is 5.91 Å². The van der Waals surface area contributed by atoms with Crippen molar-refractivity contribution in [3.63, 3.8) is 0 Å². The van der Waals surface area contributed by atoms with E-state index in [1.165, 1.54) is 0 Å². The molecule has 110 valence electrons. The van der Waals surface area contributed by atoms with Gasteiger partial charge >= 0.3 is 5.97 Å². The number of carbonyl (C=O) groups is 2. The van der Waals surface area contributed by atoms with E-state index < -0.39 is 18.0 Å². The lowest BCUT2D eigenvalue weighted by Gasteiger charge is -2.20. The molecule has 1 aromatic carbocycles. The summed E-state index contributed by atoms with van der Waals surface area (Å²) >= 11 is 0. The molecule has 0 aromatic heterocycles. The molecule has 0 saturated heterocycles. The van der Waals surface area contributed by atoms with Gasteiger partial charge in [0.1, 0.15) is 6.04 Å². The molecule has 0 saturated carbocycles. The minimum Gasteiger partial charge on any atom is -0.465 e. The van der Waals surface area contributed by atoms with E-state index in [0.29, 0.717) is 13.0 Å². The fourth-order valence-electron chi connectivity index (χ4n) is 1.85. The lowest BCUT2D eigenvalue weighted by molar-refractivity contribution is -0.146. The number of primary amides is 1. The number of esters is 1. The molecule has 2 atom stereocenters. The topological polar surface area (TPSA) is 81.4 Å². The molecule has 5 nitrogen and oxygen atoms in total. The Labute approximate surface area is 119 Å². The van der Waals surface area contributed by atoms with Gasteiger partial charge in [-0.1, -0.05) is 30.3 Å². The van der Waals surface area contributed by atoms with Crippen LogP contribution in [0, 0.1) is 0 Å². The Balaban J connectivity index is 2.62. The predicted octanol–water partition coefficient (Wildman–Crippen LogP) is 1.01. The smallest absolute Gasteiger partial charge is 0.323 e. The normalized spacial score (nSPS) is 13.5. The Bertz CT molecular complexity index is 434. The van der Waals surface area contributed by atoms with Crippen molar-refractivity contribution < 1.29 is 14.3 Å². The zero-order valence-corrected chi connectivity index (χ0v) is 12.0. The molecule has 0 heterocycles. The molecule has 0 bridgehead atoms. The lowest BCUT2D eigenvalue weighted by atomic mass is 10.0. The van der Waals surface area contributed by atoms with Crippen LogP contribution in [0.4, 0.5) is 0 Å². The number of amides is 1. The van der Waals surface area contributed by atoms with E-state index >= 15 is 0 Å². The maximum atomic E-state index is 11.9. The van der Waals surface area contributed by atoms with Crippen molar-refractivity contribution >= 4 is 11.9 Å². The van der Waals surface area contributed by atoms with Crippen LogP contribution >= 0.6 is 0 Å². The van der Waals surface area contributed by atoms with Gasteiger partial charge in [-0.15, -0.1) is 0 Å². The fourth-order valence-corrected chi connectivity index (χ4v) is 1.85. The minimum absolute atomic E-state index is 0.313. The predicted molar refractivity (Wildman–Crippen MR) is 77.0 cm³/mol. The average molecular weight is 278 g/mol. The largest absolute Gasteiger partial charge is 0.465 e. The first-order valence-corrected chi connectivity index (χ1v) is 6.80. The summed E-state index contributed by atoms with van der Waals surface area (Å²) < 4.78 is 5.02. The Hall–Kier alpha value is -1.88. The molecule has 0 spiro atoms. The Kier molecular flexibility index (Phi) is 6.73. The lowest BCUT2D eigenvalue weighted by Crippen LogP contribution is -2.48. The highest BCUT2D eigenvalue weighted by Gasteiger charge is 2.23. The van der Waals surface area contributed by atoms with Crippen molar-refractivity contribution in [2.75, 3.05) is 6.61 Å². The molecule has 0 aliphatic rings. The van der Waals surface area contributed by atoms with Crippen LogP contribution in [0.2, 0.25) is 0 Å². The van der Waals surface area contributed by atoms with Crippen LogP contribution in [0.5, 0.6) is 0 Å². The van der Waals surface area contributed by atoms with Crippen molar-refractivity contribution in [3.8, 4) is 0 Å². The summed E-state index contributed by atoms with van der Waals surface area (Å²) in [7, 11) is 0. The van der Waals surface area contributed by atoms with Crippen molar-refractivity contribution in [1.82, 2.24) is 5.32 Å². The van der Waals surface area contributed by atoms with Crippen LogP contribution in [-0.2, 0) is 20.7 Å². The summed E-state index contributed by atoms with van der Waals surface area (Å²) in [6, 6.07) is 8.75. The number of nitrogens with two attached hydrogens (primary N) is 1. The molecule has 5 heteroatoms. The Morgan fingerprint density at radius 3 is 2.50 bits per heavy atom. The number of benzene rings is 1. The number of carbonyl (C=O) groups excluding carboxylic acids is 2. The SMILES string of the molecule is CCOC(=O)[C@H](CCc1ccccc1)N[C@@H](C)C(N)=O. The zero-order chi connectivity index (χ0) is 15.0. The second-order valence-corrected chi connectivity index (χ2v) is 4.62. The monoisotopic (exact) mass is 278 g/mol. The Morgan fingerprint density at radius 1 is 1.30 bits per heavy atom. The van der Waals surface area contributed by atoms with E-state index in [2.05, 4.69) is 5.32 Å². The van der Waals surface area contributed by atoms with Gasteiger partial charge < -0.3 is 10.5 Å². The van der Waals surface area contributed by atoms with Crippen molar-refractivity contribution in [2.45, 2.75) is 38.8 Å². The number of hydrogen-bond acceptors (Lipinski definition) is 4. The molecule has 0 radical (unpaired) electrons. The third kappa shape index (κ3) is 5.40. The number of hydrogen-bond donors (Lipinski definition) is 2. The van der Waals surface area contributed by atoms with Gasteiger partial charge in [0.15, 0.2) is 0 Å². The molecule has 20 heavy (non-hydrogen) atoms. The maximum Gasteiger partial charge on any atom is 0.323 e. The van der Waals surface area contributed by atoms with Crippen LogP contribution in [0.15, 0.2) is 30.3 Å². The second-order valence-electron chi connectivity index (χ2n) is 4.62. The summed E-state index contributed by atoms with van der Waals surface area (Å²) in [6.45, 7) is 3.70. The quantitative estimate of drug-likeness (QED) is 0.695. The van der Waals surface area contributed by atoms with Gasteiger partial charge in [0.05, 0.1) is 12.6 Å². The van der Waals surface area contributed by atoms with Crippen molar-refractivity contribution in [2.24, 2.45) is 5.73 Å². The second kappa shape index (κ2) is 8.32. The number of aryl methyl sites for hydroxylation is 1. The van der Waals surface area contributed by atoms with Crippen molar-refractivity contribution in [3.05, 3.63) is 35.9 Å². The molecule has 0 unspecified atom stereocenters. The van der Waals surface area contributed by atoms with E-state index in [4.69, 9.17) is 10.5 Å². The average Bonchev–Trinajstić information content (AvgIpc) is 2.44. The summed E-state index contributed by atoms with van der Waals surface area (Å²) in [5.41, 5.74) is 6.35. The summed E-state index contributed by atoms with van der Waals surface area (Å²) in [4.78, 5) is 23.0. The van der Waals surface area contributed by atoms with E-state index in [1.54, 1.807) is 13.8 Å². The molecule has 0 aliphatic carbocycles. The van der Waals surface area contributed by atoms with E-state index in [0.717, 1.165) is 12.0 Å². The molecule has 1 rings (SSSR count). The summed E-state index contributed by atoms with van der Waals surface area (Å²) in [5, 5.41) is 2.92. The summed E-state index contributed by atoms with van der Waals surface area (Å²) in [6.07, 6.45) is 1.28. The van der Waals surface area contributed by atoms with Crippen LogP contribution in [0.25, 0.3) is 0 Å². The van der Waals surface area contributed by atoms with E-state index in [-0.39, 0.29) is 5.97 Å². The molecule has 0 aliphatic heterocycles. The van der Waals surface area contributed by atoms with Gasteiger partial charge in [0.25, 0.3) is 0 Å². The molecule has 0 fully saturated rings. The first-order chi connectivity index (χ1) is 9.54. The van der Waals surface area contributed by atoms with Gasteiger partial charge in [-0.05, 0) is 32.3 Å². The van der Waals surface area contributed by atoms with E-state index in [9.17, 15) is 9.59 Å². The van der Waals surface area contributed by atoms with Crippen LogP contribution in [0.3, 0.4) is 0 Å². The fraction of sp³-hybridized carbons (Fsp3) is 0.467. The number of nitrogens with one attached hydrogen (secondary N) is 1. The molecule has 1 amide bonds. The van der Waals surface area contributed by atoms with Crippen LogP contribution < -0.4 is 11.1 Å². The van der Waals surface area contributed by atoms with Gasteiger partial charge in [-0.25, -0.2) is 0 Å². The first-order valence-electron chi connectivity index (χ1n) is 6.80. The zero-order valence-electron chi connectivity index (χ0n) is 12.0. The highest BCUT2D eigenvalue weighted by molar-refractivity contribution is 5.81. The van der Waals surface area contributed by atoms with Crippen LogP contribution in [-0.4, -0.2) is 30.6 Å². The van der Waals surface area contributed by atoms with Gasteiger partial charge in [-0.3, -0.25) is 14.9 Å². The molecular weight excluding hydrogens is 256 g/mol. The molecule has 3 N–H and O–H groups in total. The highest BCUT2D eigenvalue weighted by Crippen LogP contribution is 2.07. The minimum atomic E-state index is -0.569.